The van der Waals surface area contributed by atoms with Crippen LogP contribution in [0.1, 0.15) is 19.3 Å². The van der Waals surface area contributed by atoms with Gasteiger partial charge in [0.05, 0.1) is 10.6 Å². The Kier molecular flexibility index (Phi) is 5.65. The van der Waals surface area contributed by atoms with Crippen molar-refractivity contribution in [2.24, 2.45) is 0 Å². The normalized spacial score (nSPS) is 13.7. The summed E-state index contributed by atoms with van der Waals surface area (Å²) in [6, 6.07) is 13.2. The van der Waals surface area contributed by atoms with E-state index in [-0.39, 0.29) is 11.7 Å². The minimum absolute atomic E-state index is 0.0719. The van der Waals surface area contributed by atoms with E-state index in [1.54, 1.807) is 35.2 Å². The van der Waals surface area contributed by atoms with E-state index in [2.05, 4.69) is 5.32 Å². The number of hydrogen-bond acceptors (Lipinski definition) is 4. The molecular formula is C19H20N4O4. The van der Waals surface area contributed by atoms with Crippen molar-refractivity contribution in [1.29, 1.82) is 0 Å². The summed E-state index contributed by atoms with van der Waals surface area (Å²) in [4.78, 5) is 38.8. The van der Waals surface area contributed by atoms with Gasteiger partial charge in [0.2, 0.25) is 0 Å². The van der Waals surface area contributed by atoms with E-state index in [9.17, 15) is 19.7 Å². The van der Waals surface area contributed by atoms with Crippen molar-refractivity contribution in [2.75, 3.05) is 23.3 Å². The molecule has 3 rings (SSSR count). The topological polar surface area (TPSA) is 95.8 Å². The van der Waals surface area contributed by atoms with Crippen LogP contribution in [0, 0.1) is 10.1 Å². The van der Waals surface area contributed by atoms with Crippen molar-refractivity contribution in [2.45, 2.75) is 19.3 Å². The lowest BCUT2D eigenvalue weighted by Gasteiger charge is -2.32. The van der Waals surface area contributed by atoms with Crippen LogP contribution in [-0.2, 0) is 0 Å². The first-order valence-corrected chi connectivity index (χ1v) is 8.76. The number of nitro benzene ring substituents is 1. The molecule has 0 aromatic heterocycles. The van der Waals surface area contributed by atoms with Crippen molar-refractivity contribution in [3.63, 3.8) is 0 Å². The van der Waals surface area contributed by atoms with Crippen molar-refractivity contribution in [3.05, 3.63) is 64.7 Å². The first-order chi connectivity index (χ1) is 13.1. The maximum Gasteiger partial charge on any atom is 0.334 e. The van der Waals surface area contributed by atoms with Gasteiger partial charge < -0.3 is 10.2 Å². The zero-order valence-electron chi connectivity index (χ0n) is 14.7. The van der Waals surface area contributed by atoms with Crippen LogP contribution in [0.25, 0.3) is 0 Å². The molecule has 1 saturated heterocycles. The van der Waals surface area contributed by atoms with Gasteiger partial charge in [0, 0.05) is 30.9 Å². The minimum atomic E-state index is -0.606. The van der Waals surface area contributed by atoms with E-state index in [0.717, 1.165) is 24.2 Å². The molecule has 0 spiro atoms. The zero-order chi connectivity index (χ0) is 19.2. The molecular weight excluding hydrogens is 348 g/mol. The van der Waals surface area contributed by atoms with Crippen molar-refractivity contribution >= 4 is 29.1 Å². The standard InChI is InChI=1S/C19H20N4O4/c24-18(20-15-9-11-17(12-10-15)23(26)27)22(16-7-3-1-4-8-16)19(25)21-13-5-2-6-14-21/h1,3-4,7-12H,2,5-6,13-14H2,(H,20,24). The summed E-state index contributed by atoms with van der Waals surface area (Å²) in [5.41, 5.74) is 0.766. The zero-order valence-corrected chi connectivity index (χ0v) is 14.7. The molecule has 0 radical (unpaired) electrons. The summed E-state index contributed by atoms with van der Waals surface area (Å²) in [6.45, 7) is 1.24. The molecule has 2 aromatic rings. The van der Waals surface area contributed by atoms with Gasteiger partial charge in [-0.05, 0) is 43.5 Å². The highest BCUT2D eigenvalue weighted by atomic mass is 16.6. The fourth-order valence-corrected chi connectivity index (χ4v) is 2.96. The maximum atomic E-state index is 13.0. The van der Waals surface area contributed by atoms with Gasteiger partial charge >= 0.3 is 12.1 Å². The Hall–Kier alpha value is -3.42. The van der Waals surface area contributed by atoms with Gasteiger partial charge in [0.25, 0.3) is 5.69 Å². The van der Waals surface area contributed by atoms with Crippen molar-refractivity contribution in [3.8, 4) is 0 Å². The number of benzene rings is 2. The average molecular weight is 368 g/mol. The third-order valence-electron chi connectivity index (χ3n) is 4.36. The molecule has 8 nitrogen and oxygen atoms in total. The second kappa shape index (κ2) is 8.31. The summed E-state index contributed by atoms with van der Waals surface area (Å²) in [6.07, 6.45) is 2.90. The van der Waals surface area contributed by atoms with Crippen LogP contribution < -0.4 is 10.2 Å². The second-order valence-electron chi connectivity index (χ2n) is 6.24. The summed E-state index contributed by atoms with van der Waals surface area (Å²) >= 11 is 0. The Morgan fingerprint density at radius 1 is 0.963 bits per heavy atom. The Morgan fingerprint density at radius 3 is 2.19 bits per heavy atom. The predicted molar refractivity (Wildman–Crippen MR) is 102 cm³/mol. The molecule has 2 aromatic carbocycles. The second-order valence-corrected chi connectivity index (χ2v) is 6.24. The van der Waals surface area contributed by atoms with Gasteiger partial charge in [0.1, 0.15) is 0 Å². The van der Waals surface area contributed by atoms with E-state index in [4.69, 9.17) is 0 Å². The Bertz CT molecular complexity index is 817. The largest absolute Gasteiger partial charge is 0.334 e. The number of nitro groups is 1. The molecule has 1 aliphatic heterocycles. The highest BCUT2D eigenvalue weighted by molar-refractivity contribution is 6.17. The van der Waals surface area contributed by atoms with Gasteiger partial charge in [0.15, 0.2) is 0 Å². The summed E-state index contributed by atoms with van der Waals surface area (Å²) in [5, 5.41) is 13.4. The fourth-order valence-electron chi connectivity index (χ4n) is 2.96. The van der Waals surface area contributed by atoms with Gasteiger partial charge in [-0.1, -0.05) is 18.2 Å². The number of likely N-dealkylation sites (tertiary alicyclic amines) is 1. The molecule has 1 heterocycles. The molecule has 1 fully saturated rings. The van der Waals surface area contributed by atoms with Gasteiger partial charge in [-0.15, -0.1) is 0 Å². The quantitative estimate of drug-likeness (QED) is 0.647. The molecule has 0 bridgehead atoms. The summed E-state index contributed by atoms with van der Waals surface area (Å²) in [7, 11) is 0. The number of urea groups is 2. The number of piperidine rings is 1. The number of hydrogen-bond donors (Lipinski definition) is 1. The predicted octanol–water partition coefficient (Wildman–Crippen LogP) is 4.24. The van der Waals surface area contributed by atoms with E-state index in [1.807, 2.05) is 0 Å². The number of nitrogens with zero attached hydrogens (tertiary/aromatic N) is 3. The number of amides is 4. The smallest absolute Gasteiger partial charge is 0.324 e. The molecule has 1 N–H and O–H groups in total. The maximum absolute atomic E-state index is 13.0. The third-order valence-corrected chi connectivity index (χ3v) is 4.36. The number of carbonyl (C=O) groups excluding carboxylic acids is 2. The SMILES string of the molecule is O=C(Nc1ccc([N+](=O)[O-])cc1)N(C(=O)N1CCCCC1)c1ccccc1. The number of nitrogens with one attached hydrogen (secondary N) is 1. The number of rotatable bonds is 3. The lowest BCUT2D eigenvalue weighted by Crippen LogP contribution is -2.49. The summed E-state index contributed by atoms with van der Waals surface area (Å²) in [5.74, 6) is 0. The summed E-state index contributed by atoms with van der Waals surface area (Å²) < 4.78 is 0. The van der Waals surface area contributed by atoms with Crippen LogP contribution in [0.3, 0.4) is 0 Å². The Balaban J connectivity index is 1.82. The molecule has 0 aliphatic carbocycles. The van der Waals surface area contributed by atoms with E-state index >= 15 is 0 Å². The van der Waals surface area contributed by atoms with Gasteiger partial charge in [-0.2, -0.15) is 0 Å². The molecule has 0 unspecified atom stereocenters. The monoisotopic (exact) mass is 368 g/mol. The van der Waals surface area contributed by atoms with Crippen molar-refractivity contribution < 1.29 is 14.5 Å². The average Bonchev–Trinajstić information content (AvgIpc) is 2.70. The molecule has 0 saturated carbocycles. The molecule has 27 heavy (non-hydrogen) atoms. The fraction of sp³-hybridized carbons (Fsp3) is 0.263. The molecule has 4 amide bonds. The lowest BCUT2D eigenvalue weighted by molar-refractivity contribution is -0.384. The van der Waals surface area contributed by atoms with Gasteiger partial charge in [-0.25, -0.2) is 14.5 Å². The van der Waals surface area contributed by atoms with Crippen LogP contribution in [-0.4, -0.2) is 35.0 Å². The minimum Gasteiger partial charge on any atom is -0.324 e. The molecule has 8 heteroatoms. The van der Waals surface area contributed by atoms with E-state index in [0.29, 0.717) is 24.5 Å². The first-order valence-electron chi connectivity index (χ1n) is 8.76. The number of non-ortho nitro benzene ring substituents is 1. The highest BCUT2D eigenvalue weighted by Gasteiger charge is 2.29. The number of imide groups is 1. The lowest BCUT2D eigenvalue weighted by atomic mass is 10.1. The first kappa shape index (κ1) is 18.4. The molecule has 140 valence electrons. The van der Waals surface area contributed by atoms with Crippen LogP contribution >= 0.6 is 0 Å². The number of anilines is 2. The number of carbonyl (C=O) groups is 2. The van der Waals surface area contributed by atoms with Crippen molar-refractivity contribution in [1.82, 2.24) is 4.90 Å². The molecule has 1 aliphatic rings. The molecule has 0 atom stereocenters. The Labute approximate surface area is 156 Å². The van der Waals surface area contributed by atoms with Crippen LogP contribution in [0.2, 0.25) is 0 Å². The third kappa shape index (κ3) is 4.41. The highest BCUT2D eigenvalue weighted by Crippen LogP contribution is 2.21. The van der Waals surface area contributed by atoms with Crippen LogP contribution in [0.15, 0.2) is 54.6 Å². The van der Waals surface area contributed by atoms with Crippen LogP contribution in [0.5, 0.6) is 0 Å². The Morgan fingerprint density at radius 2 is 1.59 bits per heavy atom. The van der Waals surface area contributed by atoms with E-state index in [1.165, 1.54) is 24.3 Å². The van der Waals surface area contributed by atoms with Gasteiger partial charge in [-0.3, -0.25) is 10.1 Å². The van der Waals surface area contributed by atoms with E-state index < -0.39 is 11.0 Å². The number of para-hydroxylation sites is 1. The van der Waals surface area contributed by atoms with Crippen LogP contribution in [0.4, 0.5) is 26.7 Å².